The number of hydrogen-bond acceptors (Lipinski definition) is 6. The third-order valence-electron chi connectivity index (χ3n) is 6.64. The van der Waals surface area contributed by atoms with Crippen molar-refractivity contribution < 1.29 is 18.8 Å². The molecule has 2 fully saturated rings. The summed E-state index contributed by atoms with van der Waals surface area (Å²) in [6, 6.07) is 9.13. The van der Waals surface area contributed by atoms with Gasteiger partial charge in [-0.3, -0.25) is 9.59 Å². The van der Waals surface area contributed by atoms with Crippen LogP contribution in [0.4, 0.5) is 0 Å². The first-order valence-electron chi connectivity index (χ1n) is 12.1. The minimum Gasteiger partial charge on any atom is -0.484 e. The highest BCUT2D eigenvalue weighted by molar-refractivity contribution is 5.83. The average molecular weight is 455 g/mol. The number of nitrogens with zero attached hydrogens (tertiary/aromatic N) is 3. The van der Waals surface area contributed by atoms with E-state index < -0.39 is 0 Å². The van der Waals surface area contributed by atoms with Crippen molar-refractivity contribution in [3.63, 3.8) is 0 Å². The predicted octanol–water partition coefficient (Wildman–Crippen LogP) is 3.65. The third-order valence-corrected chi connectivity index (χ3v) is 6.64. The maximum atomic E-state index is 13.3. The van der Waals surface area contributed by atoms with E-state index in [1.165, 1.54) is 0 Å². The first-order valence-corrected chi connectivity index (χ1v) is 12.1. The molecule has 1 aromatic heterocycles. The van der Waals surface area contributed by atoms with Crippen molar-refractivity contribution in [3.8, 4) is 5.75 Å². The standard InChI is InChI=1S/C25H34N4O4/c1-17(2)23-27-25(33-28-23)18-14-20-21(15-18)29(13-9-4-3-8-12-26-24(20)31)22(30)16-32-19-10-6-5-7-11-19/h5-7,10-11,17-18,20-21H,3-4,8-9,12-16H2,1-2H3,(H,26,31)/t18-,20-,21+/m1/s1. The number of ether oxygens (including phenoxy) is 1. The van der Waals surface area contributed by atoms with E-state index in [0.717, 1.165) is 25.7 Å². The summed E-state index contributed by atoms with van der Waals surface area (Å²) in [6.45, 7) is 5.30. The van der Waals surface area contributed by atoms with Crippen molar-refractivity contribution in [2.75, 3.05) is 19.7 Å². The van der Waals surface area contributed by atoms with Crippen molar-refractivity contribution >= 4 is 11.8 Å². The number of rotatable bonds is 5. The van der Waals surface area contributed by atoms with Gasteiger partial charge in [0, 0.05) is 31.0 Å². The van der Waals surface area contributed by atoms with Gasteiger partial charge in [-0.25, -0.2) is 0 Å². The molecule has 0 bridgehead atoms. The molecule has 4 rings (SSSR count). The molecule has 8 nitrogen and oxygen atoms in total. The van der Waals surface area contributed by atoms with Crippen molar-refractivity contribution in [1.29, 1.82) is 0 Å². The number of carbonyl (C=O) groups excluding carboxylic acids is 2. The predicted molar refractivity (Wildman–Crippen MR) is 123 cm³/mol. The fraction of sp³-hybridized carbons (Fsp3) is 0.600. The average Bonchev–Trinajstić information content (AvgIpc) is 3.47. The molecular formula is C25H34N4O4. The Kier molecular flexibility index (Phi) is 7.62. The van der Waals surface area contributed by atoms with E-state index in [1.54, 1.807) is 0 Å². The molecule has 2 amide bonds. The van der Waals surface area contributed by atoms with Crippen LogP contribution < -0.4 is 10.1 Å². The minimum absolute atomic E-state index is 0.00905. The van der Waals surface area contributed by atoms with Gasteiger partial charge in [0.15, 0.2) is 12.4 Å². The number of benzene rings is 1. The number of amides is 2. The smallest absolute Gasteiger partial charge is 0.260 e. The lowest BCUT2D eigenvalue weighted by Crippen LogP contribution is -2.48. The Balaban J connectivity index is 1.54. The molecule has 2 aromatic rings. The van der Waals surface area contributed by atoms with E-state index in [2.05, 4.69) is 15.5 Å². The maximum absolute atomic E-state index is 13.3. The molecule has 0 radical (unpaired) electrons. The lowest BCUT2D eigenvalue weighted by Gasteiger charge is -2.32. The largest absolute Gasteiger partial charge is 0.484 e. The Morgan fingerprint density at radius 3 is 2.73 bits per heavy atom. The molecule has 1 N–H and O–H groups in total. The summed E-state index contributed by atoms with van der Waals surface area (Å²) in [5.41, 5.74) is 0. The second-order valence-electron chi connectivity index (χ2n) is 9.38. The van der Waals surface area contributed by atoms with Gasteiger partial charge in [-0.15, -0.1) is 0 Å². The number of aromatic nitrogens is 2. The zero-order chi connectivity index (χ0) is 23.2. The first-order chi connectivity index (χ1) is 16.0. The second-order valence-corrected chi connectivity index (χ2v) is 9.38. The molecule has 3 atom stereocenters. The highest BCUT2D eigenvalue weighted by atomic mass is 16.5. The van der Waals surface area contributed by atoms with Gasteiger partial charge >= 0.3 is 0 Å². The van der Waals surface area contributed by atoms with E-state index >= 15 is 0 Å². The van der Waals surface area contributed by atoms with Crippen LogP contribution in [-0.4, -0.2) is 52.6 Å². The van der Waals surface area contributed by atoms with Crippen LogP contribution in [0.2, 0.25) is 0 Å². The molecular weight excluding hydrogens is 420 g/mol. The van der Waals surface area contributed by atoms with Gasteiger partial charge in [0.25, 0.3) is 5.91 Å². The molecule has 2 aliphatic rings. The molecule has 33 heavy (non-hydrogen) atoms. The van der Waals surface area contributed by atoms with Crippen LogP contribution in [0.25, 0.3) is 0 Å². The monoisotopic (exact) mass is 454 g/mol. The molecule has 1 aromatic carbocycles. The van der Waals surface area contributed by atoms with Crippen LogP contribution in [0.1, 0.15) is 75.9 Å². The number of hydrogen-bond donors (Lipinski definition) is 1. The maximum Gasteiger partial charge on any atom is 0.260 e. The fourth-order valence-corrected chi connectivity index (χ4v) is 4.81. The Morgan fingerprint density at radius 2 is 1.97 bits per heavy atom. The molecule has 1 saturated heterocycles. The lowest BCUT2D eigenvalue weighted by atomic mass is 10.00. The van der Waals surface area contributed by atoms with E-state index in [0.29, 0.717) is 43.4 Å². The summed E-state index contributed by atoms with van der Waals surface area (Å²) in [6.07, 6.45) is 5.17. The summed E-state index contributed by atoms with van der Waals surface area (Å²) >= 11 is 0. The van der Waals surface area contributed by atoms with Crippen LogP contribution >= 0.6 is 0 Å². The highest BCUT2D eigenvalue weighted by Gasteiger charge is 2.45. The Morgan fingerprint density at radius 1 is 1.18 bits per heavy atom. The zero-order valence-corrected chi connectivity index (χ0v) is 19.5. The van der Waals surface area contributed by atoms with Gasteiger partial charge in [-0.2, -0.15) is 4.98 Å². The van der Waals surface area contributed by atoms with Crippen molar-refractivity contribution in [2.45, 2.75) is 70.3 Å². The van der Waals surface area contributed by atoms with Crippen LogP contribution in [-0.2, 0) is 9.59 Å². The molecule has 178 valence electrons. The number of fused-ring (bicyclic) bond motifs is 1. The fourth-order valence-electron chi connectivity index (χ4n) is 4.81. The topological polar surface area (TPSA) is 97.6 Å². The summed E-state index contributed by atoms with van der Waals surface area (Å²) in [5, 5.41) is 7.20. The van der Waals surface area contributed by atoms with E-state index in [4.69, 9.17) is 9.26 Å². The Labute approximate surface area is 195 Å². The van der Waals surface area contributed by atoms with E-state index in [1.807, 2.05) is 49.1 Å². The molecule has 0 spiro atoms. The van der Waals surface area contributed by atoms with Gasteiger partial charge in [0.2, 0.25) is 11.8 Å². The van der Waals surface area contributed by atoms with E-state index in [9.17, 15) is 9.59 Å². The normalized spacial score (nSPS) is 24.2. The third kappa shape index (κ3) is 5.72. The molecule has 1 aliphatic heterocycles. The van der Waals surface area contributed by atoms with Crippen LogP contribution in [0, 0.1) is 5.92 Å². The van der Waals surface area contributed by atoms with Gasteiger partial charge < -0.3 is 19.5 Å². The summed E-state index contributed by atoms with van der Waals surface area (Å²) < 4.78 is 11.3. The van der Waals surface area contributed by atoms with Gasteiger partial charge in [-0.1, -0.05) is 50.0 Å². The van der Waals surface area contributed by atoms with Crippen molar-refractivity contribution in [2.24, 2.45) is 5.92 Å². The molecule has 2 heterocycles. The minimum atomic E-state index is -0.303. The quantitative estimate of drug-likeness (QED) is 0.741. The van der Waals surface area contributed by atoms with Gasteiger partial charge in [0.1, 0.15) is 5.75 Å². The van der Waals surface area contributed by atoms with Gasteiger partial charge in [-0.05, 0) is 37.8 Å². The van der Waals surface area contributed by atoms with Crippen LogP contribution in [0.5, 0.6) is 5.75 Å². The molecule has 8 heteroatoms. The second kappa shape index (κ2) is 10.8. The molecule has 0 unspecified atom stereocenters. The van der Waals surface area contributed by atoms with Crippen molar-refractivity contribution in [1.82, 2.24) is 20.4 Å². The zero-order valence-electron chi connectivity index (χ0n) is 19.5. The number of para-hydroxylation sites is 1. The summed E-state index contributed by atoms with van der Waals surface area (Å²) in [7, 11) is 0. The molecule has 1 saturated carbocycles. The first kappa shape index (κ1) is 23.3. The van der Waals surface area contributed by atoms with Crippen molar-refractivity contribution in [3.05, 3.63) is 42.0 Å². The number of nitrogens with one attached hydrogen (secondary N) is 1. The number of carbonyl (C=O) groups is 2. The van der Waals surface area contributed by atoms with Crippen LogP contribution in [0.15, 0.2) is 34.9 Å². The SMILES string of the molecule is CC(C)c1noc([C@@H]2C[C@H]3C(=O)NCCCCCCN(C(=O)COc4ccccc4)[C@H]3C2)n1. The Hall–Kier alpha value is -2.90. The lowest BCUT2D eigenvalue weighted by molar-refractivity contribution is -0.138. The molecule has 1 aliphatic carbocycles. The Bertz CT molecular complexity index is 929. The van der Waals surface area contributed by atoms with Gasteiger partial charge in [0.05, 0.1) is 5.92 Å². The van der Waals surface area contributed by atoms with Crippen LogP contribution in [0.3, 0.4) is 0 Å². The highest BCUT2D eigenvalue weighted by Crippen LogP contribution is 2.41. The summed E-state index contributed by atoms with van der Waals surface area (Å²) in [4.78, 5) is 32.9. The summed E-state index contributed by atoms with van der Waals surface area (Å²) in [5.74, 6) is 1.65. The van der Waals surface area contributed by atoms with E-state index in [-0.39, 0.29) is 42.2 Å².